The zero-order valence-electron chi connectivity index (χ0n) is 13.4. The molecule has 3 aromatic rings. The Morgan fingerprint density at radius 3 is 2.30 bits per heavy atom. The van der Waals surface area contributed by atoms with Crippen LogP contribution in [-0.2, 0) is 6.42 Å². The standard InChI is InChI=1S/C19H20N4/c1-13-10-14(2)22-19(21-13)23-18-9-8-17(20)12-16(18)11-15-6-4-3-5-7-15/h3-10,12H,11,20H2,1-2H3,(H,21,22,23). The van der Waals surface area contributed by atoms with Crippen molar-refractivity contribution in [3.63, 3.8) is 0 Å². The van der Waals surface area contributed by atoms with Crippen LogP contribution < -0.4 is 11.1 Å². The van der Waals surface area contributed by atoms with E-state index in [4.69, 9.17) is 5.73 Å². The van der Waals surface area contributed by atoms with E-state index in [0.29, 0.717) is 5.95 Å². The van der Waals surface area contributed by atoms with Crippen LogP contribution in [0.3, 0.4) is 0 Å². The lowest BCUT2D eigenvalue weighted by atomic mass is 10.0. The zero-order chi connectivity index (χ0) is 16.2. The number of aromatic nitrogens is 2. The predicted molar refractivity (Wildman–Crippen MR) is 94.9 cm³/mol. The van der Waals surface area contributed by atoms with Gasteiger partial charge in [0.05, 0.1) is 0 Å². The minimum atomic E-state index is 0.613. The molecule has 0 spiro atoms. The Labute approximate surface area is 136 Å². The molecule has 0 aliphatic rings. The summed E-state index contributed by atoms with van der Waals surface area (Å²) in [6, 6.07) is 18.2. The van der Waals surface area contributed by atoms with Crippen molar-refractivity contribution in [3.05, 3.63) is 77.1 Å². The molecule has 0 amide bonds. The average Bonchev–Trinajstić information content (AvgIpc) is 2.50. The molecule has 0 saturated carbocycles. The molecule has 1 aromatic heterocycles. The molecule has 3 rings (SSSR count). The summed E-state index contributed by atoms with van der Waals surface area (Å²) in [6.45, 7) is 3.93. The van der Waals surface area contributed by atoms with Crippen molar-refractivity contribution < 1.29 is 0 Å². The molecule has 116 valence electrons. The van der Waals surface area contributed by atoms with Gasteiger partial charge in [0, 0.05) is 22.8 Å². The van der Waals surface area contributed by atoms with Gasteiger partial charge in [-0.1, -0.05) is 30.3 Å². The minimum absolute atomic E-state index is 0.613. The molecule has 0 radical (unpaired) electrons. The SMILES string of the molecule is Cc1cc(C)nc(Nc2ccc(N)cc2Cc2ccccc2)n1. The Morgan fingerprint density at radius 1 is 0.913 bits per heavy atom. The monoisotopic (exact) mass is 304 g/mol. The van der Waals surface area contributed by atoms with E-state index in [1.54, 1.807) is 0 Å². The summed E-state index contributed by atoms with van der Waals surface area (Å²) in [5.74, 6) is 0.613. The summed E-state index contributed by atoms with van der Waals surface area (Å²) < 4.78 is 0. The third kappa shape index (κ3) is 3.86. The number of nitrogens with one attached hydrogen (secondary N) is 1. The molecule has 0 unspecified atom stereocenters. The molecule has 23 heavy (non-hydrogen) atoms. The first-order chi connectivity index (χ1) is 11.1. The molecule has 3 N–H and O–H groups in total. The van der Waals surface area contributed by atoms with E-state index in [2.05, 4.69) is 27.4 Å². The minimum Gasteiger partial charge on any atom is -0.399 e. The lowest BCUT2D eigenvalue weighted by Gasteiger charge is -2.13. The largest absolute Gasteiger partial charge is 0.399 e. The van der Waals surface area contributed by atoms with Crippen LogP contribution in [0.1, 0.15) is 22.5 Å². The number of nitrogens with two attached hydrogens (primary N) is 1. The molecule has 4 nitrogen and oxygen atoms in total. The van der Waals surface area contributed by atoms with Crippen LogP contribution in [0.25, 0.3) is 0 Å². The van der Waals surface area contributed by atoms with Gasteiger partial charge in [-0.3, -0.25) is 0 Å². The molecule has 0 fully saturated rings. The van der Waals surface area contributed by atoms with Gasteiger partial charge in [-0.05, 0) is 55.7 Å². The molecule has 0 bridgehead atoms. The maximum atomic E-state index is 5.96. The topological polar surface area (TPSA) is 63.8 Å². The number of nitrogen functional groups attached to an aromatic ring is 1. The van der Waals surface area contributed by atoms with Gasteiger partial charge in [-0.2, -0.15) is 0 Å². The number of benzene rings is 2. The van der Waals surface area contributed by atoms with E-state index < -0.39 is 0 Å². The van der Waals surface area contributed by atoms with Crippen molar-refractivity contribution in [2.75, 3.05) is 11.1 Å². The van der Waals surface area contributed by atoms with Crippen molar-refractivity contribution in [1.82, 2.24) is 9.97 Å². The van der Waals surface area contributed by atoms with Crippen molar-refractivity contribution in [1.29, 1.82) is 0 Å². The smallest absolute Gasteiger partial charge is 0.227 e. The first-order valence-corrected chi connectivity index (χ1v) is 7.62. The average molecular weight is 304 g/mol. The number of hydrogen-bond acceptors (Lipinski definition) is 4. The third-order valence-corrected chi connectivity index (χ3v) is 3.60. The maximum Gasteiger partial charge on any atom is 0.227 e. The Bertz CT molecular complexity index is 793. The van der Waals surface area contributed by atoms with Gasteiger partial charge in [0.2, 0.25) is 5.95 Å². The highest BCUT2D eigenvalue weighted by molar-refractivity contribution is 5.63. The Kier molecular flexibility index (Phi) is 4.24. The van der Waals surface area contributed by atoms with Crippen LogP contribution in [0.4, 0.5) is 17.3 Å². The van der Waals surface area contributed by atoms with Crippen LogP contribution in [-0.4, -0.2) is 9.97 Å². The summed E-state index contributed by atoms with van der Waals surface area (Å²) in [4.78, 5) is 8.89. The van der Waals surface area contributed by atoms with Crippen LogP contribution >= 0.6 is 0 Å². The Balaban J connectivity index is 1.92. The molecular weight excluding hydrogens is 284 g/mol. The third-order valence-electron chi connectivity index (χ3n) is 3.60. The van der Waals surface area contributed by atoms with Crippen molar-refractivity contribution in [2.45, 2.75) is 20.3 Å². The van der Waals surface area contributed by atoms with E-state index in [1.807, 2.05) is 56.3 Å². The molecule has 2 aromatic carbocycles. The van der Waals surface area contributed by atoms with Gasteiger partial charge in [-0.25, -0.2) is 9.97 Å². The number of anilines is 3. The molecule has 0 aliphatic carbocycles. The normalized spacial score (nSPS) is 10.5. The number of hydrogen-bond donors (Lipinski definition) is 2. The van der Waals surface area contributed by atoms with E-state index in [9.17, 15) is 0 Å². The van der Waals surface area contributed by atoms with Crippen LogP contribution in [0.5, 0.6) is 0 Å². The molecule has 4 heteroatoms. The second-order valence-electron chi connectivity index (χ2n) is 5.68. The predicted octanol–water partition coefficient (Wildman–Crippen LogP) is 4.01. The van der Waals surface area contributed by atoms with Gasteiger partial charge < -0.3 is 11.1 Å². The Hall–Kier alpha value is -2.88. The first-order valence-electron chi connectivity index (χ1n) is 7.62. The van der Waals surface area contributed by atoms with E-state index in [1.165, 1.54) is 5.56 Å². The number of rotatable bonds is 4. The van der Waals surface area contributed by atoms with Crippen LogP contribution in [0, 0.1) is 13.8 Å². The molecule has 0 aliphatic heterocycles. The maximum absolute atomic E-state index is 5.96. The van der Waals surface area contributed by atoms with E-state index >= 15 is 0 Å². The molecular formula is C19H20N4. The summed E-state index contributed by atoms with van der Waals surface area (Å²) in [5, 5.41) is 3.32. The van der Waals surface area contributed by atoms with E-state index in [-0.39, 0.29) is 0 Å². The van der Waals surface area contributed by atoms with Gasteiger partial charge in [0.25, 0.3) is 0 Å². The lowest BCUT2D eigenvalue weighted by molar-refractivity contribution is 1.06. The fourth-order valence-corrected chi connectivity index (χ4v) is 2.60. The Morgan fingerprint density at radius 2 is 1.61 bits per heavy atom. The van der Waals surface area contributed by atoms with Gasteiger partial charge in [-0.15, -0.1) is 0 Å². The summed E-state index contributed by atoms with van der Waals surface area (Å²) in [7, 11) is 0. The van der Waals surface area contributed by atoms with Crippen LogP contribution in [0.15, 0.2) is 54.6 Å². The lowest BCUT2D eigenvalue weighted by Crippen LogP contribution is -2.03. The van der Waals surface area contributed by atoms with Crippen molar-refractivity contribution >= 4 is 17.3 Å². The second-order valence-corrected chi connectivity index (χ2v) is 5.68. The highest BCUT2D eigenvalue weighted by atomic mass is 15.1. The number of aryl methyl sites for hydroxylation is 2. The van der Waals surface area contributed by atoms with E-state index in [0.717, 1.165) is 34.7 Å². The highest BCUT2D eigenvalue weighted by Gasteiger charge is 2.07. The second kappa shape index (κ2) is 6.48. The zero-order valence-corrected chi connectivity index (χ0v) is 13.4. The fraction of sp³-hybridized carbons (Fsp3) is 0.158. The quantitative estimate of drug-likeness (QED) is 0.715. The van der Waals surface area contributed by atoms with Gasteiger partial charge in [0.1, 0.15) is 0 Å². The molecule has 1 heterocycles. The van der Waals surface area contributed by atoms with Crippen LogP contribution in [0.2, 0.25) is 0 Å². The van der Waals surface area contributed by atoms with Crippen molar-refractivity contribution in [3.8, 4) is 0 Å². The number of nitrogens with zero attached hydrogens (tertiary/aromatic N) is 2. The van der Waals surface area contributed by atoms with Crippen molar-refractivity contribution in [2.24, 2.45) is 0 Å². The van der Waals surface area contributed by atoms with Gasteiger partial charge in [0.15, 0.2) is 0 Å². The summed E-state index contributed by atoms with van der Waals surface area (Å²) in [5.41, 5.74) is 11.9. The highest BCUT2D eigenvalue weighted by Crippen LogP contribution is 2.24. The van der Waals surface area contributed by atoms with Gasteiger partial charge >= 0.3 is 0 Å². The fourth-order valence-electron chi connectivity index (χ4n) is 2.60. The molecule has 0 atom stereocenters. The summed E-state index contributed by atoms with van der Waals surface area (Å²) in [6.07, 6.45) is 0.805. The molecule has 0 saturated heterocycles. The first kappa shape index (κ1) is 15.0. The summed E-state index contributed by atoms with van der Waals surface area (Å²) >= 11 is 0.